The highest BCUT2D eigenvalue weighted by Crippen LogP contribution is 2.24. The number of nitrogens with one attached hydrogen (secondary N) is 1. The van der Waals surface area contributed by atoms with E-state index in [1.807, 2.05) is 54.6 Å². The first-order chi connectivity index (χ1) is 14.3. The number of halogens is 3. The van der Waals surface area contributed by atoms with Crippen molar-refractivity contribution in [3.05, 3.63) is 71.3 Å². The smallest absolute Gasteiger partial charge is 0.372 e. The summed E-state index contributed by atoms with van der Waals surface area (Å²) in [5.41, 5.74) is 2.87. The topological polar surface area (TPSA) is 58.6 Å². The molecule has 1 unspecified atom stereocenters. The van der Waals surface area contributed by atoms with E-state index in [1.165, 1.54) is 0 Å². The monoisotopic (exact) mass is 420 g/mol. The zero-order valence-electron chi connectivity index (χ0n) is 16.3. The third-order valence-electron chi connectivity index (χ3n) is 4.79. The Morgan fingerprint density at radius 1 is 1.03 bits per heavy atom. The number of alkyl halides is 3. The van der Waals surface area contributed by atoms with E-state index in [-0.39, 0.29) is 19.5 Å². The molecule has 0 bridgehead atoms. The lowest BCUT2D eigenvalue weighted by Crippen LogP contribution is -2.37. The Balaban J connectivity index is 1.46. The van der Waals surface area contributed by atoms with Crippen molar-refractivity contribution in [1.82, 2.24) is 10.2 Å². The van der Waals surface area contributed by atoms with Crippen LogP contribution < -0.4 is 5.32 Å². The molecule has 2 aromatic carbocycles. The minimum Gasteiger partial charge on any atom is -0.372 e. The number of nitrogens with zero attached hydrogens (tertiary/aromatic N) is 1. The minimum absolute atomic E-state index is 0.199. The molecular weight excluding hydrogens is 397 g/mol. The van der Waals surface area contributed by atoms with Crippen molar-refractivity contribution in [3.8, 4) is 0 Å². The summed E-state index contributed by atoms with van der Waals surface area (Å²) in [7, 11) is 0. The molecule has 0 spiro atoms. The second-order valence-corrected chi connectivity index (χ2v) is 7.31. The molecule has 1 fully saturated rings. The predicted molar refractivity (Wildman–Crippen MR) is 104 cm³/mol. The van der Waals surface area contributed by atoms with Gasteiger partial charge in [-0.3, -0.25) is 9.59 Å². The molecule has 1 saturated heterocycles. The molecule has 30 heavy (non-hydrogen) atoms. The van der Waals surface area contributed by atoms with E-state index in [9.17, 15) is 22.8 Å². The van der Waals surface area contributed by atoms with E-state index in [0.717, 1.165) is 16.7 Å². The summed E-state index contributed by atoms with van der Waals surface area (Å²) in [6.45, 7) is -0.389. The Bertz CT molecular complexity index is 871. The van der Waals surface area contributed by atoms with E-state index in [0.29, 0.717) is 18.1 Å². The highest BCUT2D eigenvalue weighted by molar-refractivity contribution is 5.89. The van der Waals surface area contributed by atoms with Gasteiger partial charge < -0.3 is 15.0 Å². The van der Waals surface area contributed by atoms with Crippen LogP contribution in [-0.2, 0) is 34.1 Å². The van der Waals surface area contributed by atoms with Crippen LogP contribution in [0.25, 0.3) is 0 Å². The zero-order chi connectivity index (χ0) is 21.6. The van der Waals surface area contributed by atoms with Gasteiger partial charge in [0, 0.05) is 19.5 Å². The van der Waals surface area contributed by atoms with Crippen molar-refractivity contribution in [2.24, 2.45) is 5.92 Å². The Labute approximate surface area is 172 Å². The number of benzene rings is 2. The van der Waals surface area contributed by atoms with Gasteiger partial charge in [0.1, 0.15) is 6.54 Å². The van der Waals surface area contributed by atoms with Gasteiger partial charge in [-0.05, 0) is 16.7 Å². The van der Waals surface area contributed by atoms with Gasteiger partial charge in [0.05, 0.1) is 19.1 Å². The van der Waals surface area contributed by atoms with Gasteiger partial charge in [-0.25, -0.2) is 0 Å². The van der Waals surface area contributed by atoms with Gasteiger partial charge in [0.25, 0.3) is 0 Å². The van der Waals surface area contributed by atoms with Crippen molar-refractivity contribution in [3.63, 3.8) is 0 Å². The molecule has 0 aliphatic carbocycles. The summed E-state index contributed by atoms with van der Waals surface area (Å²) in [5, 5.41) is 2.71. The second-order valence-electron chi connectivity index (χ2n) is 7.31. The number of ether oxygens (including phenoxy) is 1. The first-order valence-electron chi connectivity index (χ1n) is 9.62. The zero-order valence-corrected chi connectivity index (χ0v) is 16.3. The van der Waals surface area contributed by atoms with Crippen molar-refractivity contribution in [1.29, 1.82) is 0 Å². The van der Waals surface area contributed by atoms with Crippen LogP contribution in [0.15, 0.2) is 54.6 Å². The normalized spacial score (nSPS) is 16.7. The summed E-state index contributed by atoms with van der Waals surface area (Å²) in [5.74, 6) is -1.83. The lowest BCUT2D eigenvalue weighted by molar-refractivity contribution is -0.157. The number of hydrogen-bond acceptors (Lipinski definition) is 3. The number of carbonyl (C=O) groups excluding carboxylic acids is 2. The van der Waals surface area contributed by atoms with Crippen LogP contribution in [0.4, 0.5) is 13.2 Å². The third-order valence-corrected chi connectivity index (χ3v) is 4.79. The molecule has 1 aliphatic heterocycles. The maximum atomic E-state index is 12.5. The molecule has 2 aromatic rings. The molecule has 2 amide bonds. The molecule has 0 saturated carbocycles. The van der Waals surface area contributed by atoms with Gasteiger partial charge >= 0.3 is 6.18 Å². The standard InChI is InChI=1S/C22H23F3N2O3/c23-22(24,25)15-27-12-19(10-20(27)28)21(29)26-11-17-7-4-8-18(9-17)14-30-13-16-5-2-1-3-6-16/h1-9,19H,10-15H2,(H,26,29). The van der Waals surface area contributed by atoms with Crippen LogP contribution in [-0.4, -0.2) is 36.0 Å². The second kappa shape index (κ2) is 9.75. The van der Waals surface area contributed by atoms with E-state index in [4.69, 9.17) is 4.74 Å². The SMILES string of the molecule is O=C(NCc1cccc(COCc2ccccc2)c1)C1CC(=O)N(CC(F)(F)F)C1. The maximum absolute atomic E-state index is 12.5. The first kappa shape index (κ1) is 21.8. The number of carbonyl (C=O) groups is 2. The van der Waals surface area contributed by atoms with Crippen molar-refractivity contribution in [2.45, 2.75) is 32.4 Å². The molecule has 1 N–H and O–H groups in total. The van der Waals surface area contributed by atoms with Crippen LogP contribution in [0.3, 0.4) is 0 Å². The number of rotatable bonds is 8. The molecule has 1 atom stereocenters. The number of amides is 2. The highest BCUT2D eigenvalue weighted by atomic mass is 19.4. The quantitative estimate of drug-likeness (QED) is 0.712. The van der Waals surface area contributed by atoms with E-state index >= 15 is 0 Å². The molecule has 1 aliphatic rings. The van der Waals surface area contributed by atoms with Crippen LogP contribution >= 0.6 is 0 Å². The Hall–Kier alpha value is -2.87. The number of hydrogen-bond donors (Lipinski definition) is 1. The molecule has 3 rings (SSSR count). The van der Waals surface area contributed by atoms with E-state index in [1.54, 1.807) is 0 Å². The average molecular weight is 420 g/mol. The van der Waals surface area contributed by atoms with Crippen molar-refractivity contribution < 1.29 is 27.5 Å². The summed E-state index contributed by atoms with van der Waals surface area (Å²) in [4.78, 5) is 24.7. The van der Waals surface area contributed by atoms with Gasteiger partial charge in [-0.15, -0.1) is 0 Å². The fourth-order valence-corrected chi connectivity index (χ4v) is 3.34. The van der Waals surface area contributed by atoms with Crippen LogP contribution in [0.1, 0.15) is 23.1 Å². The average Bonchev–Trinajstić information content (AvgIpc) is 3.06. The molecule has 160 valence electrons. The predicted octanol–water partition coefficient (Wildman–Crippen LogP) is 3.43. The number of likely N-dealkylation sites (tertiary alicyclic amines) is 1. The highest BCUT2D eigenvalue weighted by Gasteiger charge is 2.40. The summed E-state index contributed by atoms with van der Waals surface area (Å²) >= 11 is 0. The van der Waals surface area contributed by atoms with E-state index < -0.39 is 30.5 Å². The summed E-state index contributed by atoms with van der Waals surface area (Å²) in [6.07, 6.45) is -4.67. The Morgan fingerprint density at radius 3 is 2.43 bits per heavy atom. The lowest BCUT2D eigenvalue weighted by atomic mass is 10.1. The fraction of sp³-hybridized carbons (Fsp3) is 0.364. The molecule has 5 nitrogen and oxygen atoms in total. The third kappa shape index (κ3) is 6.59. The summed E-state index contributed by atoms with van der Waals surface area (Å²) < 4.78 is 43.2. The first-order valence-corrected chi connectivity index (χ1v) is 9.62. The molecule has 0 radical (unpaired) electrons. The van der Waals surface area contributed by atoms with Gasteiger partial charge in [0.2, 0.25) is 11.8 Å². The van der Waals surface area contributed by atoms with Crippen LogP contribution in [0, 0.1) is 5.92 Å². The van der Waals surface area contributed by atoms with Gasteiger partial charge in [0.15, 0.2) is 0 Å². The Morgan fingerprint density at radius 2 is 1.70 bits per heavy atom. The fourth-order valence-electron chi connectivity index (χ4n) is 3.34. The lowest BCUT2D eigenvalue weighted by Gasteiger charge is -2.18. The minimum atomic E-state index is -4.47. The largest absolute Gasteiger partial charge is 0.406 e. The maximum Gasteiger partial charge on any atom is 0.406 e. The molecule has 0 aromatic heterocycles. The van der Waals surface area contributed by atoms with Crippen molar-refractivity contribution >= 4 is 11.8 Å². The summed E-state index contributed by atoms with van der Waals surface area (Å²) in [6, 6.07) is 17.3. The van der Waals surface area contributed by atoms with E-state index in [2.05, 4.69) is 5.32 Å². The van der Waals surface area contributed by atoms with Gasteiger partial charge in [-0.2, -0.15) is 13.2 Å². The van der Waals surface area contributed by atoms with Crippen LogP contribution in [0.5, 0.6) is 0 Å². The van der Waals surface area contributed by atoms with Gasteiger partial charge in [-0.1, -0.05) is 54.6 Å². The van der Waals surface area contributed by atoms with Crippen molar-refractivity contribution in [2.75, 3.05) is 13.1 Å². The molecular formula is C22H23F3N2O3. The molecule has 8 heteroatoms. The Kier molecular flexibility index (Phi) is 7.10. The van der Waals surface area contributed by atoms with Crippen LogP contribution in [0.2, 0.25) is 0 Å². The molecule has 1 heterocycles.